The molecule has 1 atom stereocenters. The van der Waals surface area contributed by atoms with Gasteiger partial charge in [-0.25, -0.2) is 0 Å². The Kier molecular flexibility index (Phi) is 5.28. The number of ketones is 1. The van der Waals surface area contributed by atoms with Crippen molar-refractivity contribution < 1.29 is 9.59 Å². The zero-order chi connectivity index (χ0) is 16.2. The van der Waals surface area contributed by atoms with Crippen molar-refractivity contribution in [3.63, 3.8) is 0 Å². The molecule has 0 radical (unpaired) electrons. The molecule has 3 rings (SSSR count). The summed E-state index contributed by atoms with van der Waals surface area (Å²) in [4.78, 5) is 29.1. The van der Waals surface area contributed by atoms with E-state index in [1.807, 2.05) is 4.90 Å². The van der Waals surface area contributed by atoms with E-state index in [0.29, 0.717) is 15.8 Å². The standard InChI is InChI=1S/C18H21NO2S2/c1-13(20)16-9-10-17(23-16)18(21)19-11-3-2-5-14(19)7-8-15-6-4-12-22-15/h4,6,9-10,12,14H,2-3,5,7-8,11H2,1H3/t14-/m1/s1. The topological polar surface area (TPSA) is 37.4 Å². The van der Waals surface area contributed by atoms with E-state index in [0.717, 1.165) is 32.2 Å². The van der Waals surface area contributed by atoms with Crippen molar-refractivity contribution >= 4 is 34.4 Å². The Bertz CT molecular complexity index is 675. The van der Waals surface area contributed by atoms with Gasteiger partial charge >= 0.3 is 0 Å². The summed E-state index contributed by atoms with van der Waals surface area (Å²) in [6.45, 7) is 2.38. The molecule has 3 heterocycles. The van der Waals surface area contributed by atoms with E-state index < -0.39 is 0 Å². The van der Waals surface area contributed by atoms with Crippen LogP contribution < -0.4 is 0 Å². The lowest BCUT2D eigenvalue weighted by atomic mass is 9.97. The first-order valence-electron chi connectivity index (χ1n) is 8.09. The summed E-state index contributed by atoms with van der Waals surface area (Å²) in [5, 5.41) is 2.11. The molecular formula is C18H21NO2S2. The summed E-state index contributed by atoms with van der Waals surface area (Å²) >= 11 is 3.11. The first-order valence-corrected chi connectivity index (χ1v) is 9.79. The molecular weight excluding hydrogens is 326 g/mol. The average Bonchev–Trinajstić information content (AvgIpc) is 3.24. The number of piperidine rings is 1. The monoisotopic (exact) mass is 347 g/mol. The van der Waals surface area contributed by atoms with E-state index in [-0.39, 0.29) is 11.7 Å². The lowest BCUT2D eigenvalue weighted by Crippen LogP contribution is -2.43. The largest absolute Gasteiger partial charge is 0.335 e. The summed E-state index contributed by atoms with van der Waals surface area (Å²) < 4.78 is 0. The van der Waals surface area contributed by atoms with E-state index in [2.05, 4.69) is 17.5 Å². The van der Waals surface area contributed by atoms with Crippen molar-refractivity contribution in [2.45, 2.75) is 45.1 Å². The number of hydrogen-bond acceptors (Lipinski definition) is 4. The van der Waals surface area contributed by atoms with Crippen molar-refractivity contribution in [1.29, 1.82) is 0 Å². The second-order valence-corrected chi connectivity index (χ2v) is 8.10. The minimum atomic E-state index is 0.0296. The number of thiophene rings is 2. The highest BCUT2D eigenvalue weighted by Gasteiger charge is 2.28. The summed E-state index contributed by atoms with van der Waals surface area (Å²) in [6.07, 6.45) is 5.42. The Balaban J connectivity index is 1.69. The number of Topliss-reactive ketones (excluding diaryl/α,β-unsaturated/α-hetero) is 1. The number of rotatable bonds is 5. The Morgan fingerprint density at radius 1 is 1.22 bits per heavy atom. The second-order valence-electron chi connectivity index (χ2n) is 5.99. The maximum Gasteiger partial charge on any atom is 0.264 e. The predicted octanol–water partition coefficient (Wildman–Crippen LogP) is 4.64. The maximum atomic E-state index is 12.8. The van der Waals surface area contributed by atoms with E-state index >= 15 is 0 Å². The van der Waals surface area contributed by atoms with Gasteiger partial charge in [-0.3, -0.25) is 9.59 Å². The molecule has 1 fully saturated rings. The lowest BCUT2D eigenvalue weighted by molar-refractivity contribution is 0.0607. The smallest absolute Gasteiger partial charge is 0.264 e. The number of amides is 1. The molecule has 122 valence electrons. The molecule has 0 spiro atoms. The van der Waals surface area contributed by atoms with Gasteiger partial charge in [0.1, 0.15) is 0 Å². The van der Waals surface area contributed by atoms with Gasteiger partial charge in [0.25, 0.3) is 5.91 Å². The average molecular weight is 348 g/mol. The van der Waals surface area contributed by atoms with Crippen LogP contribution in [0.3, 0.4) is 0 Å². The quantitative estimate of drug-likeness (QED) is 0.739. The third kappa shape index (κ3) is 3.90. The fraction of sp³-hybridized carbons (Fsp3) is 0.444. The molecule has 0 bridgehead atoms. The zero-order valence-corrected chi connectivity index (χ0v) is 14.9. The van der Waals surface area contributed by atoms with Crippen LogP contribution in [0, 0.1) is 0 Å². The first-order chi connectivity index (χ1) is 11.1. The highest BCUT2D eigenvalue weighted by molar-refractivity contribution is 7.16. The Morgan fingerprint density at radius 2 is 2.04 bits per heavy atom. The number of hydrogen-bond donors (Lipinski definition) is 0. The highest BCUT2D eigenvalue weighted by Crippen LogP contribution is 2.26. The lowest BCUT2D eigenvalue weighted by Gasteiger charge is -2.35. The number of nitrogens with zero attached hydrogens (tertiary/aromatic N) is 1. The predicted molar refractivity (Wildman–Crippen MR) is 95.6 cm³/mol. The Morgan fingerprint density at radius 3 is 2.74 bits per heavy atom. The molecule has 0 N–H and O–H groups in total. The molecule has 5 heteroatoms. The van der Waals surface area contributed by atoms with Crippen LogP contribution in [0.1, 0.15) is 56.8 Å². The Hall–Kier alpha value is -1.46. The molecule has 0 aromatic carbocycles. The van der Waals surface area contributed by atoms with Gasteiger partial charge in [-0.05, 0) is 62.6 Å². The van der Waals surface area contributed by atoms with Gasteiger partial charge in [0.15, 0.2) is 5.78 Å². The van der Waals surface area contributed by atoms with Crippen LogP contribution in [-0.4, -0.2) is 29.2 Å². The normalized spacial score (nSPS) is 18.1. The van der Waals surface area contributed by atoms with Gasteiger partial charge < -0.3 is 4.90 Å². The second kappa shape index (κ2) is 7.41. The van der Waals surface area contributed by atoms with Crippen LogP contribution in [0.2, 0.25) is 0 Å². The SMILES string of the molecule is CC(=O)c1ccc(C(=O)N2CCCC[C@@H]2CCc2cccs2)s1. The Labute approximate surface area is 144 Å². The van der Waals surface area contributed by atoms with Crippen molar-refractivity contribution in [3.05, 3.63) is 44.3 Å². The van der Waals surface area contributed by atoms with Gasteiger partial charge in [0, 0.05) is 17.5 Å². The van der Waals surface area contributed by atoms with E-state index in [4.69, 9.17) is 0 Å². The number of carbonyl (C=O) groups is 2. The molecule has 3 nitrogen and oxygen atoms in total. The van der Waals surface area contributed by atoms with Gasteiger partial charge in [-0.2, -0.15) is 0 Å². The fourth-order valence-electron chi connectivity index (χ4n) is 3.12. The summed E-state index contributed by atoms with van der Waals surface area (Å²) in [5.74, 6) is 0.125. The van der Waals surface area contributed by atoms with E-state index in [1.165, 1.54) is 22.6 Å². The molecule has 1 aliphatic heterocycles. The van der Waals surface area contributed by atoms with Gasteiger partial charge in [0.05, 0.1) is 9.75 Å². The first kappa shape index (κ1) is 16.4. The van der Waals surface area contributed by atoms with E-state index in [9.17, 15) is 9.59 Å². The number of aryl methyl sites for hydroxylation is 1. The summed E-state index contributed by atoms with van der Waals surface area (Å²) in [5.41, 5.74) is 0. The maximum absolute atomic E-state index is 12.8. The molecule has 1 aliphatic rings. The molecule has 0 saturated carbocycles. The van der Waals surface area contributed by atoms with Crippen molar-refractivity contribution in [3.8, 4) is 0 Å². The van der Waals surface area contributed by atoms with Gasteiger partial charge in [-0.1, -0.05) is 6.07 Å². The van der Waals surface area contributed by atoms with Crippen LogP contribution >= 0.6 is 22.7 Å². The highest BCUT2D eigenvalue weighted by atomic mass is 32.1. The molecule has 23 heavy (non-hydrogen) atoms. The third-order valence-electron chi connectivity index (χ3n) is 4.36. The van der Waals surface area contributed by atoms with Crippen LogP contribution in [0.15, 0.2) is 29.6 Å². The number of likely N-dealkylation sites (tertiary alicyclic amines) is 1. The van der Waals surface area contributed by atoms with Gasteiger partial charge in [-0.15, -0.1) is 22.7 Å². The van der Waals surface area contributed by atoms with Crippen LogP contribution in [0.25, 0.3) is 0 Å². The van der Waals surface area contributed by atoms with Crippen LogP contribution in [0.5, 0.6) is 0 Å². The molecule has 1 saturated heterocycles. The van der Waals surface area contributed by atoms with Crippen molar-refractivity contribution in [2.24, 2.45) is 0 Å². The number of carbonyl (C=O) groups excluding carboxylic acids is 2. The minimum absolute atomic E-state index is 0.0296. The third-order valence-corrected chi connectivity index (χ3v) is 6.47. The van der Waals surface area contributed by atoms with Crippen LogP contribution in [-0.2, 0) is 6.42 Å². The fourth-order valence-corrected chi connectivity index (χ4v) is 4.70. The molecule has 0 aliphatic carbocycles. The zero-order valence-electron chi connectivity index (χ0n) is 13.3. The van der Waals surface area contributed by atoms with Gasteiger partial charge in [0.2, 0.25) is 0 Å². The van der Waals surface area contributed by atoms with Crippen LogP contribution in [0.4, 0.5) is 0 Å². The molecule has 1 amide bonds. The molecule has 2 aromatic rings. The summed E-state index contributed by atoms with van der Waals surface area (Å²) in [7, 11) is 0. The van der Waals surface area contributed by atoms with E-state index in [1.54, 1.807) is 30.4 Å². The molecule has 0 unspecified atom stereocenters. The molecule has 2 aromatic heterocycles. The van der Waals surface area contributed by atoms with Crippen molar-refractivity contribution in [1.82, 2.24) is 4.90 Å². The minimum Gasteiger partial charge on any atom is -0.335 e. The van der Waals surface area contributed by atoms with Crippen molar-refractivity contribution in [2.75, 3.05) is 6.54 Å². The summed E-state index contributed by atoms with van der Waals surface area (Å²) in [6, 6.07) is 8.14.